The molecule has 0 fully saturated rings. The Kier molecular flexibility index (Phi) is 12.6. The second-order valence-electron chi connectivity index (χ2n) is 21.3. The van der Waals surface area contributed by atoms with Crippen LogP contribution < -0.4 is 0 Å². The standard InChI is InChI=1S/C78H48N6OS/c1-8-26-49(27-9-1)56-44-46-63-69(58-40-22-24-42-62(58)85-63)68(56)61-48-60(51-30-12-3-13-31-51)72(77-66(52-32-14-4-15-33-52)75(79-83-81-77)54-36-18-6-19-37-54)74(71-57(50-28-10-2-11-29-50)45-47-65-70(71)59-41-23-25-43-64(59)86-65)73(61)78-67(53-34-16-5-17-35-53)76(80-84-82-78)55-38-20-7-21-39-55/h1-48H. The van der Waals surface area contributed by atoms with Gasteiger partial charge in [-0.1, -0.05) is 261 Å². The summed E-state index contributed by atoms with van der Waals surface area (Å²) >= 11 is 1.79. The van der Waals surface area contributed by atoms with E-state index in [9.17, 15) is 0 Å². The van der Waals surface area contributed by atoms with E-state index in [0.29, 0.717) is 22.8 Å². The number of nitrogens with zero attached hydrogens (tertiary/aromatic N) is 6. The van der Waals surface area contributed by atoms with Crippen LogP contribution in [0.5, 0.6) is 0 Å². The highest BCUT2D eigenvalue weighted by atomic mass is 32.1. The summed E-state index contributed by atoms with van der Waals surface area (Å²) in [5, 5.41) is 34.9. The predicted molar refractivity (Wildman–Crippen MR) is 353 cm³/mol. The van der Waals surface area contributed by atoms with E-state index in [2.05, 4.69) is 273 Å². The topological polar surface area (TPSA) is 90.5 Å². The van der Waals surface area contributed by atoms with Gasteiger partial charge in [0, 0.05) is 81.0 Å². The van der Waals surface area contributed by atoms with E-state index in [1.54, 1.807) is 11.3 Å². The highest BCUT2D eigenvalue weighted by Crippen LogP contribution is 2.59. The third kappa shape index (κ3) is 8.58. The van der Waals surface area contributed by atoms with E-state index >= 15 is 0 Å². The summed E-state index contributed by atoms with van der Waals surface area (Å²) < 4.78 is 9.26. The van der Waals surface area contributed by atoms with Crippen molar-refractivity contribution in [3.05, 3.63) is 291 Å². The summed E-state index contributed by atoms with van der Waals surface area (Å²) in [6.45, 7) is 0. The van der Waals surface area contributed by atoms with Crippen LogP contribution in [-0.4, -0.2) is 30.8 Å². The largest absolute Gasteiger partial charge is 0.456 e. The number of aromatic nitrogens is 6. The van der Waals surface area contributed by atoms with Crippen LogP contribution in [0.3, 0.4) is 0 Å². The molecular formula is C78H48N6OS. The number of rotatable bonds is 11. The number of benzene rings is 12. The van der Waals surface area contributed by atoms with Gasteiger partial charge in [-0.15, -0.1) is 31.7 Å². The van der Waals surface area contributed by atoms with E-state index in [1.165, 1.54) is 0 Å². The smallest absolute Gasteiger partial charge is 0.136 e. The highest BCUT2D eigenvalue weighted by molar-refractivity contribution is 7.26. The molecule has 16 aromatic rings. The van der Waals surface area contributed by atoms with Gasteiger partial charge in [-0.3, -0.25) is 0 Å². The summed E-state index contributed by atoms with van der Waals surface area (Å²) in [7, 11) is 0. The quantitative estimate of drug-likeness (QED) is 0.127. The van der Waals surface area contributed by atoms with Crippen LogP contribution in [-0.2, 0) is 0 Å². The summed E-state index contributed by atoms with van der Waals surface area (Å²) in [4.78, 5) is 0. The van der Waals surface area contributed by atoms with E-state index < -0.39 is 0 Å². The van der Waals surface area contributed by atoms with Gasteiger partial charge in [0.1, 0.15) is 33.9 Å². The van der Waals surface area contributed by atoms with Crippen molar-refractivity contribution in [1.29, 1.82) is 0 Å². The van der Waals surface area contributed by atoms with Crippen LogP contribution in [0.25, 0.3) is 165 Å². The lowest BCUT2D eigenvalue weighted by atomic mass is 9.75. The lowest BCUT2D eigenvalue weighted by Gasteiger charge is -2.28. The predicted octanol–water partition coefficient (Wildman–Crippen LogP) is 20.7. The molecule has 0 aliphatic carbocycles. The first kappa shape index (κ1) is 50.4. The first-order valence-electron chi connectivity index (χ1n) is 28.7. The van der Waals surface area contributed by atoms with Gasteiger partial charge in [0.2, 0.25) is 0 Å². The molecular weight excluding hydrogens is 1070 g/mol. The van der Waals surface area contributed by atoms with Gasteiger partial charge in [0.25, 0.3) is 0 Å². The molecule has 0 spiro atoms. The van der Waals surface area contributed by atoms with Gasteiger partial charge in [-0.25, -0.2) is 0 Å². The number of fused-ring (bicyclic) bond motifs is 6. The van der Waals surface area contributed by atoms with Crippen LogP contribution in [0.1, 0.15) is 0 Å². The first-order valence-corrected chi connectivity index (χ1v) is 29.5. The van der Waals surface area contributed by atoms with Crippen LogP contribution in [0.15, 0.2) is 296 Å². The fourth-order valence-electron chi connectivity index (χ4n) is 12.7. The molecule has 0 atom stereocenters. The molecule has 0 N–H and O–H groups in total. The van der Waals surface area contributed by atoms with Crippen molar-refractivity contribution in [2.75, 3.05) is 0 Å². The van der Waals surface area contributed by atoms with E-state index in [-0.39, 0.29) is 0 Å². The highest BCUT2D eigenvalue weighted by Gasteiger charge is 2.35. The molecule has 0 aliphatic heterocycles. The Morgan fingerprint density at radius 2 is 0.640 bits per heavy atom. The van der Waals surface area contributed by atoms with Crippen molar-refractivity contribution < 1.29 is 4.42 Å². The van der Waals surface area contributed by atoms with Crippen molar-refractivity contribution in [2.24, 2.45) is 0 Å². The SMILES string of the molecule is c1ccc(-c2cc(-c3c(-c4ccccc4)ccc4oc5ccccc5c34)c(-c3nnnc(-c4ccccc4)c3-c3ccccc3)c(-c3c(-c4ccccc4)ccc4sc5ccccc5c34)c2-c2nnnc(-c3ccccc3)c2-c2ccccc2)cc1. The van der Waals surface area contributed by atoms with Crippen molar-refractivity contribution in [3.8, 4) is 123 Å². The van der Waals surface area contributed by atoms with Gasteiger partial charge < -0.3 is 4.42 Å². The summed E-state index contributed by atoms with van der Waals surface area (Å²) in [6.07, 6.45) is 0. The maximum atomic E-state index is 6.97. The minimum Gasteiger partial charge on any atom is -0.456 e. The normalized spacial score (nSPS) is 11.5. The second-order valence-corrected chi connectivity index (χ2v) is 22.4. The van der Waals surface area contributed by atoms with Gasteiger partial charge in [0.15, 0.2) is 0 Å². The third-order valence-corrected chi connectivity index (χ3v) is 17.5. The van der Waals surface area contributed by atoms with Gasteiger partial charge in [0.05, 0.1) is 0 Å². The molecule has 402 valence electrons. The monoisotopic (exact) mass is 1120 g/mol. The zero-order valence-electron chi connectivity index (χ0n) is 46.2. The van der Waals surface area contributed by atoms with E-state index in [1.807, 2.05) is 18.2 Å². The number of hydrogen-bond acceptors (Lipinski definition) is 8. The lowest BCUT2D eigenvalue weighted by molar-refractivity contribution is 0.669. The molecule has 8 heteroatoms. The molecule has 16 rings (SSSR count). The van der Waals surface area contributed by atoms with Crippen molar-refractivity contribution in [3.63, 3.8) is 0 Å². The molecule has 0 saturated heterocycles. The maximum absolute atomic E-state index is 6.97. The summed E-state index contributed by atoms with van der Waals surface area (Å²) in [6, 6.07) is 102. The summed E-state index contributed by atoms with van der Waals surface area (Å²) in [5.74, 6) is 0. The van der Waals surface area contributed by atoms with Crippen molar-refractivity contribution >= 4 is 53.4 Å². The molecule has 86 heavy (non-hydrogen) atoms. The average molecular weight is 1120 g/mol. The Bertz CT molecular complexity index is 5190. The number of para-hydroxylation sites is 1. The molecule has 7 nitrogen and oxygen atoms in total. The second kappa shape index (κ2) is 21.5. The molecule has 0 radical (unpaired) electrons. The molecule has 12 aromatic carbocycles. The van der Waals surface area contributed by atoms with Crippen LogP contribution in [0.4, 0.5) is 0 Å². The Hall–Kier alpha value is -11.3. The van der Waals surface area contributed by atoms with Crippen LogP contribution >= 0.6 is 11.3 Å². The molecule has 0 amide bonds. The Morgan fingerprint density at radius 1 is 0.233 bits per heavy atom. The van der Waals surface area contributed by atoms with Crippen LogP contribution in [0, 0.1) is 0 Å². The average Bonchev–Trinajstić information content (AvgIpc) is 2.64. The molecule has 0 bridgehead atoms. The molecule has 0 unspecified atom stereocenters. The minimum atomic E-state index is 0.627. The maximum Gasteiger partial charge on any atom is 0.136 e. The Balaban J connectivity index is 1.25. The Morgan fingerprint density at radius 3 is 1.17 bits per heavy atom. The lowest BCUT2D eigenvalue weighted by Crippen LogP contribution is -2.07. The first-order chi connectivity index (χ1) is 42.7. The fourth-order valence-corrected chi connectivity index (χ4v) is 13.8. The van der Waals surface area contributed by atoms with E-state index in [0.717, 1.165) is 142 Å². The fraction of sp³-hybridized carbons (Fsp3) is 0. The van der Waals surface area contributed by atoms with Gasteiger partial charge in [-0.05, 0) is 90.8 Å². The third-order valence-electron chi connectivity index (χ3n) is 16.4. The zero-order chi connectivity index (χ0) is 56.9. The van der Waals surface area contributed by atoms with Gasteiger partial charge >= 0.3 is 0 Å². The number of hydrogen-bond donors (Lipinski definition) is 0. The Labute approximate surface area is 499 Å². The molecule has 4 aromatic heterocycles. The number of furan rings is 1. The molecule has 0 aliphatic rings. The zero-order valence-corrected chi connectivity index (χ0v) is 47.0. The molecule has 4 heterocycles. The summed E-state index contributed by atoms with van der Waals surface area (Å²) in [5.41, 5.74) is 20.9. The number of thiophene rings is 1. The van der Waals surface area contributed by atoms with Crippen molar-refractivity contribution in [1.82, 2.24) is 30.8 Å². The van der Waals surface area contributed by atoms with Crippen LogP contribution in [0.2, 0.25) is 0 Å². The molecule has 0 saturated carbocycles. The van der Waals surface area contributed by atoms with Crippen molar-refractivity contribution in [2.45, 2.75) is 0 Å². The van der Waals surface area contributed by atoms with Gasteiger partial charge in [-0.2, -0.15) is 0 Å². The van der Waals surface area contributed by atoms with E-state index in [4.69, 9.17) is 35.2 Å². The minimum absolute atomic E-state index is 0.627.